The van der Waals surface area contributed by atoms with Crippen LogP contribution in [0.5, 0.6) is 0 Å². The van der Waals surface area contributed by atoms with Gasteiger partial charge in [0.25, 0.3) is 5.91 Å². The second-order valence-corrected chi connectivity index (χ2v) is 9.23. The molecule has 1 aliphatic carbocycles. The third-order valence-corrected chi connectivity index (χ3v) is 6.91. The number of ether oxygens (including phenoxy) is 1. The number of fused-ring (bicyclic) bond motifs is 1. The fourth-order valence-electron chi connectivity index (χ4n) is 4.85. The molecule has 4 rings (SSSR count). The molecule has 1 unspecified atom stereocenters. The maximum atomic E-state index is 15.1. The summed E-state index contributed by atoms with van der Waals surface area (Å²) in [5.41, 5.74) is 3.32. The van der Waals surface area contributed by atoms with Gasteiger partial charge in [0, 0.05) is 29.9 Å². The first kappa shape index (κ1) is 24.8. The normalized spacial score (nSPS) is 17.9. The zero-order valence-electron chi connectivity index (χ0n) is 21.0. The molecule has 0 N–H and O–H groups in total. The quantitative estimate of drug-likeness (QED) is 0.402. The Balaban J connectivity index is 1.66. The molecule has 0 bridgehead atoms. The van der Waals surface area contributed by atoms with E-state index in [0.717, 1.165) is 24.1 Å². The van der Waals surface area contributed by atoms with Crippen LogP contribution in [0.4, 0.5) is 4.39 Å². The van der Waals surface area contributed by atoms with Gasteiger partial charge in [0.15, 0.2) is 5.65 Å². The number of benzene rings is 1. The van der Waals surface area contributed by atoms with E-state index in [-0.39, 0.29) is 29.8 Å². The van der Waals surface area contributed by atoms with E-state index >= 15 is 4.39 Å². The van der Waals surface area contributed by atoms with Crippen molar-refractivity contribution in [2.45, 2.75) is 65.3 Å². The van der Waals surface area contributed by atoms with Crippen molar-refractivity contribution in [2.75, 3.05) is 13.7 Å². The third kappa shape index (κ3) is 4.79. The molecule has 0 spiro atoms. The Bertz CT molecular complexity index is 1250. The maximum absolute atomic E-state index is 15.1. The number of rotatable bonds is 9. The zero-order chi connectivity index (χ0) is 25.3. The van der Waals surface area contributed by atoms with Crippen LogP contribution in [0, 0.1) is 11.7 Å². The zero-order valence-corrected chi connectivity index (χ0v) is 21.0. The monoisotopic (exact) mass is 480 g/mol. The first-order valence-electron chi connectivity index (χ1n) is 12.4. The number of nitrogens with zero attached hydrogens (tertiary/aromatic N) is 4. The summed E-state index contributed by atoms with van der Waals surface area (Å²) in [6, 6.07) is 8.64. The molecule has 3 aromatic rings. The Morgan fingerprint density at radius 3 is 2.63 bits per heavy atom. The van der Waals surface area contributed by atoms with Gasteiger partial charge < -0.3 is 9.64 Å². The molecule has 1 aliphatic rings. The van der Waals surface area contributed by atoms with E-state index < -0.39 is 5.82 Å². The van der Waals surface area contributed by atoms with Crippen molar-refractivity contribution in [1.29, 1.82) is 0 Å². The lowest BCUT2D eigenvalue weighted by Crippen LogP contribution is -2.39. The number of hydrogen-bond donors (Lipinski definition) is 0. The predicted molar refractivity (Wildman–Crippen MR) is 132 cm³/mol. The minimum atomic E-state index is -0.402. The lowest BCUT2D eigenvalue weighted by Gasteiger charge is -2.27. The summed E-state index contributed by atoms with van der Waals surface area (Å²) in [5.74, 6) is -0.968. The second-order valence-electron chi connectivity index (χ2n) is 9.23. The van der Waals surface area contributed by atoms with Gasteiger partial charge in [0.2, 0.25) is 0 Å². The Morgan fingerprint density at radius 1 is 1.23 bits per heavy atom. The van der Waals surface area contributed by atoms with Gasteiger partial charge in [-0.2, -0.15) is 5.10 Å². The van der Waals surface area contributed by atoms with E-state index in [9.17, 15) is 9.59 Å². The number of carbonyl (C=O) groups excluding carboxylic acids is 2. The molecule has 2 aromatic heterocycles. The SMILES string of the molecule is CCCC(C)N(CC)C(=O)c1cc(CC)n2nc(-c3ccc([C@H]4C[C@@H]4C(=O)OC)cc3F)cc2n1. The van der Waals surface area contributed by atoms with Crippen molar-refractivity contribution in [3.05, 3.63) is 53.1 Å². The van der Waals surface area contributed by atoms with E-state index in [4.69, 9.17) is 4.74 Å². The number of aryl methyl sites for hydroxylation is 1. The summed E-state index contributed by atoms with van der Waals surface area (Å²) in [6.07, 6.45) is 3.25. The first-order valence-corrected chi connectivity index (χ1v) is 12.4. The van der Waals surface area contributed by atoms with Crippen molar-refractivity contribution < 1.29 is 18.7 Å². The molecule has 7 nitrogen and oxygen atoms in total. The number of aromatic nitrogens is 3. The molecular formula is C27H33FN4O3. The van der Waals surface area contributed by atoms with Gasteiger partial charge in [0.1, 0.15) is 11.5 Å². The largest absolute Gasteiger partial charge is 0.469 e. The Labute approximate surface area is 205 Å². The number of amides is 1. The highest BCUT2D eigenvalue weighted by molar-refractivity contribution is 5.93. The third-order valence-electron chi connectivity index (χ3n) is 6.91. The molecule has 3 atom stereocenters. The van der Waals surface area contributed by atoms with Crippen LogP contribution >= 0.6 is 0 Å². The van der Waals surface area contributed by atoms with Crippen LogP contribution in [0.3, 0.4) is 0 Å². The van der Waals surface area contributed by atoms with Gasteiger partial charge in [-0.15, -0.1) is 0 Å². The van der Waals surface area contributed by atoms with Gasteiger partial charge in [-0.1, -0.05) is 26.3 Å². The molecule has 1 saturated carbocycles. The van der Waals surface area contributed by atoms with Crippen LogP contribution in [0.1, 0.15) is 74.6 Å². The minimum Gasteiger partial charge on any atom is -0.469 e. The van der Waals surface area contributed by atoms with Crippen molar-refractivity contribution in [3.63, 3.8) is 0 Å². The molecule has 186 valence electrons. The van der Waals surface area contributed by atoms with Gasteiger partial charge in [-0.25, -0.2) is 13.9 Å². The average Bonchev–Trinajstić information content (AvgIpc) is 3.54. The molecule has 1 fully saturated rings. The molecule has 0 radical (unpaired) electrons. The standard InChI is InChI=1S/C27H33FN4O3/c1-6-9-16(4)31(8-3)26(33)24-13-18(7-2)32-25(29-24)15-23(30-32)19-11-10-17(12-22(19)28)20-14-21(20)27(34)35-5/h10-13,15-16,20-21H,6-9,14H2,1-5H3/t16?,20-,21+/m1/s1. The predicted octanol–water partition coefficient (Wildman–Crippen LogP) is 5.03. The molecule has 8 heteroatoms. The van der Waals surface area contributed by atoms with Gasteiger partial charge in [-0.05, 0) is 62.8 Å². The van der Waals surface area contributed by atoms with Crippen molar-refractivity contribution in [1.82, 2.24) is 19.5 Å². The number of methoxy groups -OCH3 is 1. The van der Waals surface area contributed by atoms with Gasteiger partial charge >= 0.3 is 5.97 Å². The van der Waals surface area contributed by atoms with Gasteiger partial charge in [0.05, 0.1) is 18.7 Å². The summed E-state index contributed by atoms with van der Waals surface area (Å²) in [6.45, 7) is 8.73. The lowest BCUT2D eigenvalue weighted by molar-refractivity contribution is -0.142. The Morgan fingerprint density at radius 2 is 2.00 bits per heavy atom. The van der Waals surface area contributed by atoms with Crippen LogP contribution in [-0.4, -0.2) is 51.1 Å². The fraction of sp³-hybridized carbons (Fsp3) is 0.481. The molecule has 0 saturated heterocycles. The van der Waals surface area contributed by atoms with Crippen LogP contribution in [0.15, 0.2) is 30.3 Å². The molecule has 2 heterocycles. The van der Waals surface area contributed by atoms with E-state index in [1.807, 2.05) is 24.8 Å². The summed E-state index contributed by atoms with van der Waals surface area (Å²) >= 11 is 0. The van der Waals surface area contributed by atoms with Crippen LogP contribution in [0.2, 0.25) is 0 Å². The van der Waals surface area contributed by atoms with Crippen LogP contribution < -0.4 is 0 Å². The Kier molecular flexibility index (Phi) is 7.19. The number of hydrogen-bond acceptors (Lipinski definition) is 5. The highest BCUT2D eigenvalue weighted by Crippen LogP contribution is 2.48. The molecular weight excluding hydrogens is 447 g/mol. The summed E-state index contributed by atoms with van der Waals surface area (Å²) in [4.78, 5) is 31.5. The van der Waals surface area contributed by atoms with E-state index in [1.165, 1.54) is 13.2 Å². The highest BCUT2D eigenvalue weighted by atomic mass is 19.1. The molecule has 1 amide bonds. The van der Waals surface area contributed by atoms with E-state index in [2.05, 4.69) is 23.9 Å². The second kappa shape index (κ2) is 10.1. The highest BCUT2D eigenvalue weighted by Gasteiger charge is 2.45. The number of carbonyl (C=O) groups is 2. The minimum absolute atomic E-state index is 0.00869. The summed E-state index contributed by atoms with van der Waals surface area (Å²) in [7, 11) is 1.37. The molecule has 0 aliphatic heterocycles. The maximum Gasteiger partial charge on any atom is 0.309 e. The first-order chi connectivity index (χ1) is 16.8. The summed E-state index contributed by atoms with van der Waals surface area (Å²) < 4.78 is 21.6. The molecule has 1 aromatic carbocycles. The van der Waals surface area contributed by atoms with Crippen molar-refractivity contribution in [3.8, 4) is 11.3 Å². The topological polar surface area (TPSA) is 76.8 Å². The van der Waals surface area contributed by atoms with E-state index in [0.29, 0.717) is 42.0 Å². The number of esters is 1. The van der Waals surface area contributed by atoms with Gasteiger partial charge in [-0.3, -0.25) is 9.59 Å². The average molecular weight is 481 g/mol. The molecule has 35 heavy (non-hydrogen) atoms. The Hall–Kier alpha value is -3.29. The smallest absolute Gasteiger partial charge is 0.309 e. The van der Waals surface area contributed by atoms with Crippen LogP contribution in [0.25, 0.3) is 16.9 Å². The van der Waals surface area contributed by atoms with E-state index in [1.54, 1.807) is 22.7 Å². The number of halogens is 1. The fourth-order valence-corrected chi connectivity index (χ4v) is 4.85. The van der Waals surface area contributed by atoms with Crippen LogP contribution in [-0.2, 0) is 16.0 Å². The van der Waals surface area contributed by atoms with Crippen molar-refractivity contribution >= 4 is 17.5 Å². The van der Waals surface area contributed by atoms with Crippen molar-refractivity contribution in [2.24, 2.45) is 5.92 Å². The summed E-state index contributed by atoms with van der Waals surface area (Å²) in [5, 5.41) is 4.61. The lowest BCUT2D eigenvalue weighted by atomic mass is 10.0.